The first kappa shape index (κ1) is 22.3. The van der Waals surface area contributed by atoms with Crippen LogP contribution in [-0.4, -0.2) is 26.6 Å². The number of aryl methyl sites for hydroxylation is 2. The molecule has 2 heterocycles. The molecule has 9 heteroatoms. The quantitative estimate of drug-likeness (QED) is 0.375. The Morgan fingerprint density at radius 1 is 0.970 bits per heavy atom. The molecule has 0 aliphatic heterocycles. The van der Waals surface area contributed by atoms with E-state index in [2.05, 4.69) is 15.0 Å². The van der Waals surface area contributed by atoms with E-state index in [-0.39, 0.29) is 11.6 Å². The van der Waals surface area contributed by atoms with E-state index in [0.717, 1.165) is 29.1 Å². The molecule has 2 aromatic carbocycles. The first-order valence-corrected chi connectivity index (χ1v) is 10.1. The summed E-state index contributed by atoms with van der Waals surface area (Å²) in [4.78, 5) is 13.1. The monoisotopic (exact) mass is 454 g/mol. The maximum atomic E-state index is 13.0. The molecule has 0 saturated heterocycles. The van der Waals surface area contributed by atoms with Crippen LogP contribution in [-0.2, 0) is 12.6 Å². The summed E-state index contributed by atoms with van der Waals surface area (Å²) in [6.45, 7) is 3.68. The summed E-state index contributed by atoms with van der Waals surface area (Å²) in [6, 6.07) is 12.0. The Labute approximate surface area is 188 Å². The largest absolute Gasteiger partial charge is 0.495 e. The van der Waals surface area contributed by atoms with Gasteiger partial charge in [0.1, 0.15) is 17.3 Å². The summed E-state index contributed by atoms with van der Waals surface area (Å²) in [6.07, 6.45) is -0.445. The highest BCUT2D eigenvalue weighted by Crippen LogP contribution is 2.32. The number of hydrogen-bond donors (Lipinski definition) is 0. The van der Waals surface area contributed by atoms with Gasteiger partial charge in [0.05, 0.1) is 30.4 Å². The Morgan fingerprint density at radius 3 is 2.48 bits per heavy atom. The predicted molar refractivity (Wildman–Crippen MR) is 116 cm³/mol. The number of nitrogens with zero attached hydrogens (tertiary/aromatic N) is 4. The summed E-state index contributed by atoms with van der Waals surface area (Å²) in [5, 5.41) is 0. The number of benzene rings is 2. The number of rotatable bonds is 6. The summed E-state index contributed by atoms with van der Waals surface area (Å²) in [7, 11) is 1.59. The number of aromatic nitrogens is 4. The summed E-state index contributed by atoms with van der Waals surface area (Å²) < 4.78 is 52.0. The number of methoxy groups -OCH3 is 1. The second kappa shape index (κ2) is 8.93. The van der Waals surface area contributed by atoms with Crippen LogP contribution in [0.3, 0.4) is 0 Å². The van der Waals surface area contributed by atoms with Crippen LogP contribution in [0.25, 0.3) is 5.69 Å². The van der Waals surface area contributed by atoms with E-state index >= 15 is 0 Å². The molecule has 4 aromatic rings. The fraction of sp³-hybridized carbons (Fsp3) is 0.208. The third-order valence-corrected chi connectivity index (χ3v) is 4.86. The first-order valence-electron chi connectivity index (χ1n) is 10.1. The van der Waals surface area contributed by atoms with E-state index < -0.39 is 11.7 Å². The van der Waals surface area contributed by atoms with Crippen LogP contribution in [0.5, 0.6) is 17.4 Å². The molecule has 0 unspecified atom stereocenters. The average molecular weight is 454 g/mol. The van der Waals surface area contributed by atoms with Gasteiger partial charge in [-0.3, -0.25) is 0 Å². The predicted octanol–water partition coefficient (Wildman–Crippen LogP) is 5.69. The zero-order valence-corrected chi connectivity index (χ0v) is 18.2. The zero-order valence-electron chi connectivity index (χ0n) is 18.2. The molecule has 170 valence electrons. The lowest BCUT2D eigenvalue weighted by molar-refractivity contribution is -0.137. The van der Waals surface area contributed by atoms with E-state index in [1.165, 1.54) is 12.1 Å². The van der Waals surface area contributed by atoms with Gasteiger partial charge in [0.15, 0.2) is 0 Å². The number of halogens is 3. The van der Waals surface area contributed by atoms with Crippen molar-refractivity contribution in [2.45, 2.75) is 26.4 Å². The van der Waals surface area contributed by atoms with Crippen molar-refractivity contribution < 1.29 is 22.6 Å². The summed E-state index contributed by atoms with van der Waals surface area (Å²) in [5.41, 5.74) is 2.50. The topological polar surface area (TPSA) is 62.1 Å². The van der Waals surface area contributed by atoms with Gasteiger partial charge in [-0.05, 0) is 49.7 Å². The van der Waals surface area contributed by atoms with Gasteiger partial charge in [0.25, 0.3) is 0 Å². The van der Waals surface area contributed by atoms with Gasteiger partial charge in [-0.25, -0.2) is 9.97 Å². The lowest BCUT2D eigenvalue weighted by atomic mass is 10.1. The van der Waals surface area contributed by atoms with Gasteiger partial charge >= 0.3 is 6.18 Å². The van der Waals surface area contributed by atoms with Crippen molar-refractivity contribution in [2.75, 3.05) is 7.11 Å². The van der Waals surface area contributed by atoms with Crippen molar-refractivity contribution in [3.63, 3.8) is 0 Å². The van der Waals surface area contributed by atoms with Crippen LogP contribution in [0.4, 0.5) is 13.2 Å². The van der Waals surface area contributed by atoms with Crippen LogP contribution < -0.4 is 9.47 Å². The number of ether oxygens (including phenoxy) is 2. The number of hydrogen-bond acceptors (Lipinski definition) is 5. The normalized spacial score (nSPS) is 11.5. The minimum Gasteiger partial charge on any atom is -0.495 e. The second-order valence-corrected chi connectivity index (χ2v) is 7.50. The van der Waals surface area contributed by atoms with Crippen LogP contribution >= 0.6 is 0 Å². The SMILES string of the molecule is COc1cc(Cc2nc(C)cc(Oc3cccc(C(F)(F)F)c3)n2)ccc1-n1cnc(C)c1. The Bertz CT molecular complexity index is 1280. The minimum atomic E-state index is -4.45. The van der Waals surface area contributed by atoms with Gasteiger partial charge in [-0.2, -0.15) is 18.2 Å². The second-order valence-electron chi connectivity index (χ2n) is 7.50. The van der Waals surface area contributed by atoms with Gasteiger partial charge in [0.2, 0.25) is 5.88 Å². The van der Waals surface area contributed by atoms with E-state index in [1.807, 2.05) is 35.9 Å². The highest BCUT2D eigenvalue weighted by atomic mass is 19.4. The van der Waals surface area contributed by atoms with Crippen LogP contribution in [0.15, 0.2) is 61.1 Å². The van der Waals surface area contributed by atoms with Gasteiger partial charge in [-0.15, -0.1) is 0 Å². The number of alkyl halides is 3. The van der Waals surface area contributed by atoms with Gasteiger partial charge < -0.3 is 14.0 Å². The molecule has 6 nitrogen and oxygen atoms in total. The summed E-state index contributed by atoms with van der Waals surface area (Å²) in [5.74, 6) is 1.37. The third-order valence-electron chi connectivity index (χ3n) is 4.86. The van der Waals surface area contributed by atoms with E-state index in [4.69, 9.17) is 9.47 Å². The summed E-state index contributed by atoms with van der Waals surface area (Å²) >= 11 is 0. The smallest absolute Gasteiger partial charge is 0.416 e. The first-order chi connectivity index (χ1) is 15.7. The van der Waals surface area contributed by atoms with Crippen molar-refractivity contribution in [3.8, 4) is 23.1 Å². The highest BCUT2D eigenvalue weighted by Gasteiger charge is 2.30. The molecule has 0 aliphatic carbocycles. The molecule has 33 heavy (non-hydrogen) atoms. The molecular weight excluding hydrogens is 433 g/mol. The van der Waals surface area contributed by atoms with Crippen molar-refractivity contribution in [3.05, 3.63) is 89.4 Å². The molecule has 0 N–H and O–H groups in total. The van der Waals surface area contributed by atoms with Crippen molar-refractivity contribution in [1.82, 2.24) is 19.5 Å². The molecule has 0 atom stereocenters. The molecule has 0 amide bonds. The van der Waals surface area contributed by atoms with Crippen molar-refractivity contribution in [1.29, 1.82) is 0 Å². The molecule has 0 saturated carbocycles. The lowest BCUT2D eigenvalue weighted by Crippen LogP contribution is -2.05. The van der Waals surface area contributed by atoms with Crippen molar-refractivity contribution >= 4 is 0 Å². The molecule has 0 radical (unpaired) electrons. The minimum absolute atomic E-state index is 0.0514. The fourth-order valence-corrected chi connectivity index (χ4v) is 3.37. The lowest BCUT2D eigenvalue weighted by Gasteiger charge is -2.12. The Morgan fingerprint density at radius 2 is 1.79 bits per heavy atom. The average Bonchev–Trinajstić information content (AvgIpc) is 3.19. The molecule has 4 rings (SSSR count). The van der Waals surface area contributed by atoms with Crippen LogP contribution in [0.2, 0.25) is 0 Å². The highest BCUT2D eigenvalue weighted by molar-refractivity contribution is 5.49. The fourth-order valence-electron chi connectivity index (χ4n) is 3.37. The molecule has 0 fully saturated rings. The van der Waals surface area contributed by atoms with E-state index in [0.29, 0.717) is 23.7 Å². The standard InChI is InChI=1S/C24H21F3N4O2/c1-15-9-23(33-19-6-4-5-18(12-19)24(25,26)27)30-22(29-15)11-17-7-8-20(21(10-17)32-3)31-13-16(2)28-14-31/h4-10,12-14H,11H2,1-3H3. The van der Waals surface area contributed by atoms with Gasteiger partial charge in [-0.1, -0.05) is 12.1 Å². The van der Waals surface area contributed by atoms with E-state index in [1.54, 1.807) is 26.4 Å². The Balaban J connectivity index is 1.57. The third kappa shape index (κ3) is 5.31. The molecule has 0 bridgehead atoms. The maximum absolute atomic E-state index is 13.0. The number of imidazole rings is 1. The van der Waals surface area contributed by atoms with Crippen LogP contribution in [0.1, 0.15) is 28.3 Å². The molecular formula is C24H21F3N4O2. The molecule has 0 aliphatic rings. The maximum Gasteiger partial charge on any atom is 0.416 e. The Hall–Kier alpha value is -3.88. The van der Waals surface area contributed by atoms with E-state index in [9.17, 15) is 13.2 Å². The van der Waals surface area contributed by atoms with Crippen molar-refractivity contribution in [2.24, 2.45) is 0 Å². The zero-order chi connectivity index (χ0) is 23.6. The van der Waals surface area contributed by atoms with Crippen LogP contribution in [0, 0.1) is 13.8 Å². The molecule has 2 aromatic heterocycles. The molecule has 0 spiro atoms. The Kier molecular flexibility index (Phi) is 6.04. The van der Waals surface area contributed by atoms with Gasteiger partial charge in [0, 0.05) is 24.4 Å².